The minimum absolute atomic E-state index is 0.0730. The number of amides is 1. The summed E-state index contributed by atoms with van der Waals surface area (Å²) in [6.07, 6.45) is 6.98. The van der Waals surface area contributed by atoms with E-state index in [1.54, 1.807) is 29.2 Å². The van der Waals surface area contributed by atoms with Gasteiger partial charge < -0.3 is 15.0 Å². The molecule has 240 valence electrons. The molecule has 1 aliphatic heterocycles. The minimum atomic E-state index is -4.09. The Labute approximate surface area is 269 Å². The zero-order valence-electron chi connectivity index (χ0n) is 26.3. The van der Waals surface area contributed by atoms with Crippen LogP contribution in [-0.4, -0.2) is 68.8 Å². The van der Waals surface area contributed by atoms with E-state index in [9.17, 15) is 13.2 Å². The lowest BCUT2D eigenvalue weighted by molar-refractivity contribution is -0.148. The smallest absolute Gasteiger partial charge is 0.294 e. The Morgan fingerprint density at radius 3 is 2.50 bits per heavy atom. The van der Waals surface area contributed by atoms with E-state index in [0.29, 0.717) is 25.5 Å². The van der Waals surface area contributed by atoms with Gasteiger partial charge in [-0.15, -0.1) is 0 Å². The van der Waals surface area contributed by atoms with Gasteiger partial charge in [-0.25, -0.2) is 9.97 Å². The van der Waals surface area contributed by atoms with E-state index in [2.05, 4.69) is 45.5 Å². The van der Waals surface area contributed by atoms with Crippen LogP contribution in [0, 0.1) is 6.92 Å². The zero-order chi connectivity index (χ0) is 32.8. The van der Waals surface area contributed by atoms with Gasteiger partial charge in [0.25, 0.3) is 10.1 Å². The third-order valence-electron chi connectivity index (χ3n) is 7.55. The van der Waals surface area contributed by atoms with Gasteiger partial charge in [0.1, 0.15) is 0 Å². The highest BCUT2D eigenvalue weighted by atomic mass is 32.2. The monoisotopic (exact) mass is 642 g/mol. The van der Waals surface area contributed by atoms with E-state index >= 15 is 0 Å². The SMILES string of the molecule is Cc1cc(-c2ccnc(Nc3cnn(C)c3)n2)ccc1CCC(=O)N1CC(OC(C)C)C1.O=S(=O)(O)c1ccc2ccccc2c1. The minimum Gasteiger partial charge on any atom is -0.372 e. The number of aryl methyl sites for hydroxylation is 3. The van der Waals surface area contributed by atoms with Crippen molar-refractivity contribution in [3.63, 3.8) is 0 Å². The maximum Gasteiger partial charge on any atom is 0.294 e. The van der Waals surface area contributed by atoms with Crippen LogP contribution in [0.4, 0.5) is 11.6 Å². The van der Waals surface area contributed by atoms with Crippen LogP contribution in [0.5, 0.6) is 0 Å². The fraction of sp³-hybridized carbons (Fsp3) is 0.294. The second kappa shape index (κ2) is 14.2. The number of likely N-dealkylation sites (tertiary alicyclic amines) is 1. The molecule has 0 unspecified atom stereocenters. The Morgan fingerprint density at radius 2 is 1.83 bits per heavy atom. The van der Waals surface area contributed by atoms with Crippen molar-refractivity contribution < 1.29 is 22.5 Å². The van der Waals surface area contributed by atoms with Gasteiger partial charge in [-0.05, 0) is 73.4 Å². The molecule has 0 aliphatic carbocycles. The summed E-state index contributed by atoms with van der Waals surface area (Å²) in [5.74, 6) is 0.719. The highest BCUT2D eigenvalue weighted by molar-refractivity contribution is 7.85. The number of hydrogen-bond acceptors (Lipinski definition) is 8. The summed E-state index contributed by atoms with van der Waals surface area (Å²) >= 11 is 0. The maximum atomic E-state index is 12.5. The lowest BCUT2D eigenvalue weighted by Gasteiger charge is -2.40. The molecule has 11 nitrogen and oxygen atoms in total. The molecular weight excluding hydrogens is 604 g/mol. The summed E-state index contributed by atoms with van der Waals surface area (Å²) < 4.78 is 37.9. The number of carbonyl (C=O) groups is 1. The molecule has 2 N–H and O–H groups in total. The van der Waals surface area contributed by atoms with Gasteiger partial charge >= 0.3 is 0 Å². The van der Waals surface area contributed by atoms with Crippen molar-refractivity contribution >= 4 is 38.4 Å². The van der Waals surface area contributed by atoms with Gasteiger partial charge in [0, 0.05) is 44.5 Å². The Morgan fingerprint density at radius 1 is 1.07 bits per heavy atom. The van der Waals surface area contributed by atoms with Crippen LogP contribution < -0.4 is 5.32 Å². The maximum absolute atomic E-state index is 12.5. The normalized spacial score (nSPS) is 13.3. The molecule has 1 amide bonds. The zero-order valence-corrected chi connectivity index (χ0v) is 27.1. The van der Waals surface area contributed by atoms with Crippen molar-refractivity contribution in [3.05, 3.63) is 96.4 Å². The molecule has 0 radical (unpaired) electrons. The van der Waals surface area contributed by atoms with Crippen LogP contribution in [0.1, 0.15) is 31.4 Å². The standard InChI is InChI=1S/C24H30N6O2.C10H8O3S/c1-16(2)32-21-14-30(15-21)23(31)8-7-18-5-6-19(11-17(18)3)22-9-10-25-24(28-22)27-20-12-26-29(4)13-20;11-14(12,13)10-6-5-8-3-1-2-4-9(8)7-10/h5-6,9-13,16,21H,7-8,14-15H2,1-4H3,(H,25,27,28);1-7H,(H,11,12,13). The number of anilines is 2. The largest absolute Gasteiger partial charge is 0.372 e. The summed E-state index contributed by atoms with van der Waals surface area (Å²) in [5.41, 5.74) is 5.03. The molecule has 0 bridgehead atoms. The molecule has 6 rings (SSSR count). The lowest BCUT2D eigenvalue weighted by Crippen LogP contribution is -2.55. The van der Waals surface area contributed by atoms with Crippen LogP contribution in [-0.2, 0) is 33.1 Å². The Balaban J connectivity index is 0.000000247. The molecule has 3 heterocycles. The first-order valence-electron chi connectivity index (χ1n) is 15.0. The van der Waals surface area contributed by atoms with Crippen molar-refractivity contribution in [3.8, 4) is 11.3 Å². The highest BCUT2D eigenvalue weighted by Crippen LogP contribution is 2.24. The van der Waals surface area contributed by atoms with E-state index in [-0.39, 0.29) is 23.0 Å². The van der Waals surface area contributed by atoms with E-state index in [1.165, 1.54) is 17.7 Å². The highest BCUT2D eigenvalue weighted by Gasteiger charge is 2.31. The summed E-state index contributed by atoms with van der Waals surface area (Å²) in [6, 6.07) is 20.0. The predicted molar refractivity (Wildman–Crippen MR) is 177 cm³/mol. The number of ether oxygens (including phenoxy) is 1. The fourth-order valence-corrected chi connectivity index (χ4v) is 5.69. The molecular formula is C34H38N6O5S. The molecule has 0 saturated carbocycles. The molecule has 1 fully saturated rings. The van der Waals surface area contributed by atoms with Crippen molar-refractivity contribution in [1.29, 1.82) is 0 Å². The van der Waals surface area contributed by atoms with Crippen LogP contribution in [0.2, 0.25) is 0 Å². The fourth-order valence-electron chi connectivity index (χ4n) is 5.17. The Hall–Kier alpha value is -4.65. The average Bonchev–Trinajstić information content (AvgIpc) is 3.41. The topological polar surface area (TPSA) is 140 Å². The van der Waals surface area contributed by atoms with E-state index in [0.717, 1.165) is 39.7 Å². The van der Waals surface area contributed by atoms with Gasteiger partial charge in [0.05, 0.1) is 34.7 Å². The summed E-state index contributed by atoms with van der Waals surface area (Å²) in [5, 5.41) is 9.06. The van der Waals surface area contributed by atoms with E-state index < -0.39 is 10.1 Å². The number of benzene rings is 3. The second-order valence-corrected chi connectivity index (χ2v) is 12.9. The van der Waals surface area contributed by atoms with Gasteiger partial charge in [-0.3, -0.25) is 14.0 Å². The third kappa shape index (κ3) is 8.53. The Bertz CT molecular complexity index is 1940. The number of fused-ring (bicyclic) bond motifs is 1. The van der Waals surface area contributed by atoms with Crippen molar-refractivity contribution in [1.82, 2.24) is 24.6 Å². The van der Waals surface area contributed by atoms with Gasteiger partial charge in [0.15, 0.2) is 0 Å². The molecule has 0 atom stereocenters. The van der Waals surface area contributed by atoms with Crippen LogP contribution in [0.25, 0.3) is 22.0 Å². The number of aromatic nitrogens is 4. The van der Waals surface area contributed by atoms with Gasteiger partial charge in [0.2, 0.25) is 11.9 Å². The number of rotatable bonds is 9. The summed E-state index contributed by atoms with van der Waals surface area (Å²) in [4.78, 5) is 23.2. The number of carbonyl (C=O) groups excluding carboxylic acids is 1. The predicted octanol–water partition coefficient (Wildman–Crippen LogP) is 5.58. The number of nitrogens with one attached hydrogen (secondary N) is 1. The number of hydrogen-bond donors (Lipinski definition) is 2. The van der Waals surface area contributed by atoms with Crippen LogP contribution in [0.15, 0.2) is 90.2 Å². The van der Waals surface area contributed by atoms with Gasteiger partial charge in [-0.1, -0.05) is 42.5 Å². The quantitative estimate of drug-likeness (QED) is 0.197. The van der Waals surface area contributed by atoms with Crippen molar-refractivity contribution in [2.75, 3.05) is 18.4 Å². The lowest BCUT2D eigenvalue weighted by atomic mass is 9.99. The van der Waals surface area contributed by atoms with E-state index in [4.69, 9.17) is 9.29 Å². The van der Waals surface area contributed by atoms with Crippen molar-refractivity contribution in [2.24, 2.45) is 7.05 Å². The first-order valence-corrected chi connectivity index (χ1v) is 16.5. The molecule has 46 heavy (non-hydrogen) atoms. The summed E-state index contributed by atoms with van der Waals surface area (Å²) in [6.45, 7) is 7.54. The Kier molecular flexibility index (Phi) is 10.1. The molecule has 1 aliphatic rings. The molecule has 1 saturated heterocycles. The number of nitrogens with zero attached hydrogens (tertiary/aromatic N) is 5. The first-order chi connectivity index (χ1) is 21.9. The first kappa shape index (κ1) is 32.7. The van der Waals surface area contributed by atoms with Gasteiger partial charge in [-0.2, -0.15) is 13.5 Å². The van der Waals surface area contributed by atoms with Crippen LogP contribution >= 0.6 is 0 Å². The van der Waals surface area contributed by atoms with Crippen LogP contribution in [0.3, 0.4) is 0 Å². The second-order valence-electron chi connectivity index (χ2n) is 11.5. The van der Waals surface area contributed by atoms with Crippen molar-refractivity contribution in [2.45, 2.75) is 50.7 Å². The third-order valence-corrected chi connectivity index (χ3v) is 8.40. The molecule has 5 aromatic rings. The van der Waals surface area contributed by atoms with E-state index in [1.807, 2.05) is 56.3 Å². The average molecular weight is 643 g/mol. The molecule has 0 spiro atoms. The molecule has 3 aromatic carbocycles. The summed E-state index contributed by atoms with van der Waals surface area (Å²) in [7, 11) is -2.23. The molecule has 12 heteroatoms. The molecule has 2 aromatic heterocycles.